The largest absolute Gasteiger partial charge is 0.299 e. The molecule has 1 fully saturated rings. The summed E-state index contributed by atoms with van der Waals surface area (Å²) < 4.78 is 25.9. The van der Waals surface area contributed by atoms with Crippen LogP contribution in [0.25, 0.3) is 0 Å². The Labute approximate surface area is 104 Å². The Morgan fingerprint density at radius 3 is 2.41 bits per heavy atom. The molecule has 1 aliphatic heterocycles. The van der Waals surface area contributed by atoms with E-state index in [1.807, 2.05) is 27.7 Å². The summed E-state index contributed by atoms with van der Waals surface area (Å²) in [5.41, 5.74) is -0.248. The van der Waals surface area contributed by atoms with Crippen LogP contribution >= 0.6 is 0 Å². The van der Waals surface area contributed by atoms with Crippen LogP contribution in [0.4, 0.5) is 0 Å². The lowest BCUT2D eigenvalue weighted by Crippen LogP contribution is -2.46. The van der Waals surface area contributed by atoms with E-state index in [-0.39, 0.29) is 22.9 Å². The van der Waals surface area contributed by atoms with Crippen LogP contribution in [-0.4, -0.2) is 37.3 Å². The molecular weight excluding hydrogens is 238 g/mol. The normalized spacial score (nSPS) is 24.0. The predicted molar refractivity (Wildman–Crippen MR) is 68.2 cm³/mol. The Hall–Kier alpha value is -0.420. The van der Waals surface area contributed by atoms with E-state index >= 15 is 0 Å². The predicted octanol–water partition coefficient (Wildman–Crippen LogP) is 1.66. The van der Waals surface area contributed by atoms with Gasteiger partial charge in [-0.3, -0.25) is 4.79 Å². The smallest absolute Gasteiger partial charge is 0.214 e. The zero-order valence-corrected chi connectivity index (χ0v) is 12.0. The molecule has 5 heteroatoms. The maximum atomic E-state index is 12.2. The molecule has 0 bridgehead atoms. The van der Waals surface area contributed by atoms with Crippen LogP contribution in [0.2, 0.25) is 0 Å². The van der Waals surface area contributed by atoms with E-state index in [4.69, 9.17) is 0 Å². The fourth-order valence-corrected chi connectivity index (χ4v) is 4.18. The Morgan fingerprint density at radius 2 is 1.94 bits per heavy atom. The number of hydrogen-bond acceptors (Lipinski definition) is 3. The fraction of sp³-hybridized carbons (Fsp3) is 0.917. The molecule has 1 heterocycles. The number of nitrogens with zero attached hydrogens (tertiary/aromatic N) is 1. The van der Waals surface area contributed by atoms with Gasteiger partial charge in [0.25, 0.3) is 0 Å². The first kappa shape index (κ1) is 14.6. The van der Waals surface area contributed by atoms with Gasteiger partial charge in [-0.2, -0.15) is 0 Å². The summed E-state index contributed by atoms with van der Waals surface area (Å²) in [5.74, 6) is 0.234. The van der Waals surface area contributed by atoms with Crippen molar-refractivity contribution >= 4 is 15.8 Å². The molecule has 4 nitrogen and oxygen atoms in total. The van der Waals surface area contributed by atoms with Gasteiger partial charge in [0.1, 0.15) is 5.78 Å². The lowest BCUT2D eigenvalue weighted by atomic mass is 9.96. The van der Waals surface area contributed by atoms with Gasteiger partial charge in [0.2, 0.25) is 10.0 Å². The number of piperidine rings is 1. The van der Waals surface area contributed by atoms with Crippen LogP contribution in [0.15, 0.2) is 0 Å². The van der Waals surface area contributed by atoms with Gasteiger partial charge >= 0.3 is 0 Å². The monoisotopic (exact) mass is 261 g/mol. The zero-order chi connectivity index (χ0) is 13.3. The van der Waals surface area contributed by atoms with Crippen LogP contribution in [-0.2, 0) is 14.8 Å². The molecule has 1 unspecified atom stereocenters. The van der Waals surface area contributed by atoms with E-state index in [9.17, 15) is 13.2 Å². The van der Waals surface area contributed by atoms with E-state index in [0.29, 0.717) is 19.5 Å². The topological polar surface area (TPSA) is 54.5 Å². The molecule has 0 N–H and O–H groups in total. The third-order valence-electron chi connectivity index (χ3n) is 2.99. The molecule has 1 saturated heterocycles. The third kappa shape index (κ3) is 4.07. The van der Waals surface area contributed by atoms with Gasteiger partial charge in [-0.1, -0.05) is 27.7 Å². The summed E-state index contributed by atoms with van der Waals surface area (Å²) in [6, 6.07) is 0. The highest BCUT2D eigenvalue weighted by molar-refractivity contribution is 7.89. The van der Waals surface area contributed by atoms with Crippen LogP contribution in [0, 0.1) is 11.3 Å². The molecule has 0 spiro atoms. The van der Waals surface area contributed by atoms with Gasteiger partial charge in [-0.15, -0.1) is 0 Å². The van der Waals surface area contributed by atoms with Crippen LogP contribution in [0.5, 0.6) is 0 Å². The maximum Gasteiger partial charge on any atom is 0.214 e. The minimum absolute atomic E-state index is 0.113. The number of ketones is 1. The molecule has 0 aliphatic carbocycles. The summed E-state index contributed by atoms with van der Waals surface area (Å²) in [6.45, 7) is 8.40. The second kappa shape index (κ2) is 5.06. The Morgan fingerprint density at radius 1 is 1.35 bits per heavy atom. The van der Waals surface area contributed by atoms with E-state index in [1.54, 1.807) is 0 Å². The standard InChI is InChI=1S/C12H23NO3S/c1-5-10-8-13(7-6-11(10)14)17(15,16)9-12(2,3)4/h10H,5-9H2,1-4H3. The fourth-order valence-electron chi connectivity index (χ4n) is 2.13. The van der Waals surface area contributed by atoms with Crippen LogP contribution in [0.1, 0.15) is 40.5 Å². The first-order valence-electron chi connectivity index (χ1n) is 6.16. The molecular formula is C12H23NO3S. The highest BCUT2D eigenvalue weighted by atomic mass is 32.2. The molecule has 1 atom stereocenters. The van der Waals surface area contributed by atoms with Gasteiger partial charge in [0.15, 0.2) is 0 Å². The van der Waals surface area contributed by atoms with E-state index in [0.717, 1.165) is 6.42 Å². The van der Waals surface area contributed by atoms with Crippen molar-refractivity contribution in [1.82, 2.24) is 4.31 Å². The van der Waals surface area contributed by atoms with E-state index < -0.39 is 10.0 Å². The SMILES string of the molecule is CCC1CN(S(=O)(=O)CC(C)(C)C)CCC1=O. The Kier molecular flexibility index (Phi) is 4.36. The summed E-state index contributed by atoms with van der Waals surface area (Å²) >= 11 is 0. The molecule has 1 rings (SSSR count). The summed E-state index contributed by atoms with van der Waals surface area (Å²) in [5, 5.41) is 0. The summed E-state index contributed by atoms with van der Waals surface area (Å²) in [4.78, 5) is 11.6. The second-order valence-corrected chi connectivity index (χ2v) is 7.97. The van der Waals surface area contributed by atoms with Crippen molar-refractivity contribution in [1.29, 1.82) is 0 Å². The van der Waals surface area contributed by atoms with Gasteiger partial charge in [0, 0.05) is 25.4 Å². The molecule has 0 aromatic rings. The zero-order valence-electron chi connectivity index (χ0n) is 11.2. The maximum absolute atomic E-state index is 12.2. The van der Waals surface area contributed by atoms with Crippen molar-refractivity contribution in [3.05, 3.63) is 0 Å². The minimum atomic E-state index is -3.23. The van der Waals surface area contributed by atoms with Gasteiger partial charge in [-0.25, -0.2) is 12.7 Å². The Bertz CT molecular complexity index is 381. The molecule has 0 amide bonds. The summed E-state index contributed by atoms with van der Waals surface area (Å²) in [6.07, 6.45) is 1.09. The average molecular weight is 261 g/mol. The van der Waals surface area contributed by atoms with Gasteiger partial charge < -0.3 is 0 Å². The van der Waals surface area contributed by atoms with Gasteiger partial charge in [-0.05, 0) is 11.8 Å². The number of rotatable bonds is 3. The van der Waals surface area contributed by atoms with Crippen LogP contribution < -0.4 is 0 Å². The van der Waals surface area contributed by atoms with Crippen molar-refractivity contribution in [2.75, 3.05) is 18.8 Å². The molecule has 1 aliphatic rings. The van der Waals surface area contributed by atoms with Crippen molar-refractivity contribution < 1.29 is 13.2 Å². The van der Waals surface area contributed by atoms with Crippen molar-refractivity contribution in [3.8, 4) is 0 Å². The quantitative estimate of drug-likeness (QED) is 0.776. The van der Waals surface area contributed by atoms with Crippen molar-refractivity contribution in [2.45, 2.75) is 40.5 Å². The number of carbonyl (C=O) groups excluding carboxylic acids is 1. The van der Waals surface area contributed by atoms with Crippen molar-refractivity contribution in [2.24, 2.45) is 11.3 Å². The number of sulfonamides is 1. The first-order valence-corrected chi connectivity index (χ1v) is 7.77. The van der Waals surface area contributed by atoms with Crippen molar-refractivity contribution in [3.63, 3.8) is 0 Å². The second-order valence-electron chi connectivity index (χ2n) is 6.00. The molecule has 0 aromatic heterocycles. The first-order chi connectivity index (χ1) is 7.65. The minimum Gasteiger partial charge on any atom is -0.299 e. The molecule has 0 aromatic carbocycles. The van der Waals surface area contributed by atoms with Gasteiger partial charge in [0.05, 0.1) is 5.75 Å². The lowest BCUT2D eigenvalue weighted by molar-refractivity contribution is -0.125. The number of carbonyl (C=O) groups is 1. The molecule has 0 saturated carbocycles. The molecule has 100 valence electrons. The number of hydrogen-bond donors (Lipinski definition) is 0. The average Bonchev–Trinajstić information content (AvgIpc) is 2.14. The summed E-state index contributed by atoms with van der Waals surface area (Å²) in [7, 11) is -3.23. The molecule has 17 heavy (non-hydrogen) atoms. The third-order valence-corrected chi connectivity index (χ3v) is 5.34. The highest BCUT2D eigenvalue weighted by Gasteiger charge is 2.34. The van der Waals surface area contributed by atoms with E-state index in [2.05, 4.69) is 0 Å². The van der Waals surface area contributed by atoms with E-state index in [1.165, 1.54) is 4.31 Å². The highest BCUT2D eigenvalue weighted by Crippen LogP contribution is 2.23. The van der Waals surface area contributed by atoms with Crippen LogP contribution in [0.3, 0.4) is 0 Å². The Balaban J connectivity index is 2.77. The number of Topliss-reactive ketones (excluding diaryl/α,β-unsaturated/α-hetero) is 1. The molecule has 0 radical (unpaired) electrons. The lowest BCUT2D eigenvalue weighted by Gasteiger charge is -2.32.